The van der Waals surface area contributed by atoms with Crippen molar-refractivity contribution < 1.29 is 9.90 Å². The molecule has 0 spiro atoms. The van der Waals surface area contributed by atoms with Gasteiger partial charge in [-0.05, 0) is 54.4 Å². The lowest BCUT2D eigenvalue weighted by atomic mass is 9.99. The molecular formula is C18H19N3O2S. The number of aromatic nitrogens is 2. The number of hydrogen-bond donors (Lipinski definition) is 2. The van der Waals surface area contributed by atoms with Crippen molar-refractivity contribution in [3.8, 4) is 5.69 Å². The minimum Gasteiger partial charge on any atom is -0.384 e. The van der Waals surface area contributed by atoms with Crippen LogP contribution in [-0.4, -0.2) is 27.3 Å². The van der Waals surface area contributed by atoms with E-state index in [2.05, 4.69) is 10.4 Å². The predicted octanol–water partition coefficient (Wildman–Crippen LogP) is 2.88. The number of carbonyl (C=O) groups excluding carboxylic acids is 1. The summed E-state index contributed by atoms with van der Waals surface area (Å²) < 4.78 is 1.73. The van der Waals surface area contributed by atoms with Crippen molar-refractivity contribution in [2.24, 2.45) is 0 Å². The highest BCUT2D eigenvalue weighted by Crippen LogP contribution is 2.22. The Labute approximate surface area is 144 Å². The number of nitrogens with one attached hydrogen (secondary N) is 1. The fraction of sp³-hybridized carbons (Fsp3) is 0.222. The van der Waals surface area contributed by atoms with E-state index in [1.807, 2.05) is 54.1 Å². The van der Waals surface area contributed by atoms with E-state index in [1.54, 1.807) is 17.7 Å². The topological polar surface area (TPSA) is 67.2 Å². The minimum absolute atomic E-state index is 0.125. The quantitative estimate of drug-likeness (QED) is 0.750. The van der Waals surface area contributed by atoms with Gasteiger partial charge < -0.3 is 10.4 Å². The lowest BCUT2D eigenvalue weighted by molar-refractivity contribution is 0.0528. The van der Waals surface area contributed by atoms with Gasteiger partial charge in [-0.25, -0.2) is 4.68 Å². The first-order valence-corrected chi connectivity index (χ1v) is 8.57. The maximum Gasteiger partial charge on any atom is 0.271 e. The van der Waals surface area contributed by atoms with Gasteiger partial charge in [-0.15, -0.1) is 0 Å². The van der Waals surface area contributed by atoms with Crippen LogP contribution in [0, 0.1) is 6.92 Å². The summed E-state index contributed by atoms with van der Waals surface area (Å²) in [6.45, 7) is 3.71. The van der Waals surface area contributed by atoms with Crippen LogP contribution in [0.4, 0.5) is 0 Å². The van der Waals surface area contributed by atoms with Crippen molar-refractivity contribution in [3.05, 3.63) is 70.2 Å². The standard InChI is InChI=1S/C18H19N3O2S/c1-13-10-16(20-21(13)15-6-4-3-5-7-15)17(22)19-12-18(2,23)14-8-9-24-11-14/h3-11,23H,12H2,1-2H3,(H,19,22). The number of thiophene rings is 1. The highest BCUT2D eigenvalue weighted by atomic mass is 32.1. The molecule has 1 amide bonds. The van der Waals surface area contributed by atoms with E-state index in [0.717, 1.165) is 16.9 Å². The van der Waals surface area contributed by atoms with Gasteiger partial charge in [0.15, 0.2) is 5.69 Å². The van der Waals surface area contributed by atoms with Crippen LogP contribution in [0.5, 0.6) is 0 Å². The zero-order valence-electron chi connectivity index (χ0n) is 13.6. The van der Waals surface area contributed by atoms with Gasteiger partial charge in [0.2, 0.25) is 0 Å². The summed E-state index contributed by atoms with van der Waals surface area (Å²) in [5, 5.41) is 21.4. The summed E-state index contributed by atoms with van der Waals surface area (Å²) in [6.07, 6.45) is 0. The first kappa shape index (κ1) is 16.4. The largest absolute Gasteiger partial charge is 0.384 e. The van der Waals surface area contributed by atoms with Gasteiger partial charge in [-0.3, -0.25) is 4.79 Å². The van der Waals surface area contributed by atoms with Crippen LogP contribution in [-0.2, 0) is 5.60 Å². The van der Waals surface area contributed by atoms with Crippen molar-refractivity contribution in [1.29, 1.82) is 0 Å². The molecule has 124 valence electrons. The van der Waals surface area contributed by atoms with Gasteiger partial charge in [-0.1, -0.05) is 18.2 Å². The Hall–Kier alpha value is -2.44. The fourth-order valence-electron chi connectivity index (χ4n) is 2.43. The molecule has 0 fully saturated rings. The molecule has 1 unspecified atom stereocenters. The second kappa shape index (κ2) is 6.59. The number of benzene rings is 1. The first-order chi connectivity index (χ1) is 11.5. The molecule has 1 aromatic carbocycles. The van der Waals surface area contributed by atoms with Crippen molar-refractivity contribution >= 4 is 17.2 Å². The summed E-state index contributed by atoms with van der Waals surface area (Å²) in [5.74, 6) is -0.303. The molecule has 5 nitrogen and oxygen atoms in total. The Bertz CT molecular complexity index is 823. The van der Waals surface area contributed by atoms with Crippen LogP contribution in [0.3, 0.4) is 0 Å². The molecule has 2 N–H and O–H groups in total. The lowest BCUT2D eigenvalue weighted by Gasteiger charge is -2.22. The third-order valence-electron chi connectivity index (χ3n) is 3.86. The Kier molecular flexibility index (Phi) is 4.51. The van der Waals surface area contributed by atoms with E-state index in [9.17, 15) is 9.90 Å². The van der Waals surface area contributed by atoms with Crippen LogP contribution in [0.15, 0.2) is 53.2 Å². The second-order valence-corrected chi connectivity index (χ2v) is 6.67. The molecule has 0 saturated heterocycles. The molecule has 1 atom stereocenters. The summed E-state index contributed by atoms with van der Waals surface area (Å²) in [4.78, 5) is 12.4. The van der Waals surface area contributed by atoms with Gasteiger partial charge in [0.1, 0.15) is 5.60 Å². The van der Waals surface area contributed by atoms with Gasteiger partial charge in [0.05, 0.1) is 12.2 Å². The smallest absolute Gasteiger partial charge is 0.271 e. The summed E-state index contributed by atoms with van der Waals surface area (Å²) in [6, 6.07) is 13.2. The van der Waals surface area contributed by atoms with Crippen LogP contribution in [0.2, 0.25) is 0 Å². The summed E-state index contributed by atoms with van der Waals surface area (Å²) >= 11 is 1.51. The Balaban J connectivity index is 1.72. The van der Waals surface area contributed by atoms with Gasteiger partial charge >= 0.3 is 0 Å². The Morgan fingerprint density at radius 2 is 2.08 bits per heavy atom. The van der Waals surface area contributed by atoms with Gasteiger partial charge in [0.25, 0.3) is 5.91 Å². The molecule has 0 aliphatic heterocycles. The highest BCUT2D eigenvalue weighted by Gasteiger charge is 2.25. The third kappa shape index (κ3) is 3.39. The normalized spacial score (nSPS) is 13.5. The summed E-state index contributed by atoms with van der Waals surface area (Å²) in [5.41, 5.74) is 1.79. The van der Waals surface area contributed by atoms with E-state index in [-0.39, 0.29) is 12.5 Å². The van der Waals surface area contributed by atoms with E-state index < -0.39 is 5.60 Å². The van der Waals surface area contributed by atoms with Crippen LogP contribution < -0.4 is 5.32 Å². The van der Waals surface area contributed by atoms with E-state index >= 15 is 0 Å². The number of rotatable bonds is 5. The third-order valence-corrected chi connectivity index (χ3v) is 4.54. The first-order valence-electron chi connectivity index (χ1n) is 7.63. The summed E-state index contributed by atoms with van der Waals surface area (Å²) in [7, 11) is 0. The van der Waals surface area contributed by atoms with Crippen molar-refractivity contribution in [2.75, 3.05) is 6.54 Å². The van der Waals surface area contributed by atoms with E-state index in [4.69, 9.17) is 0 Å². The number of hydrogen-bond acceptors (Lipinski definition) is 4. The monoisotopic (exact) mass is 341 g/mol. The number of amides is 1. The number of carbonyl (C=O) groups is 1. The molecule has 0 aliphatic carbocycles. The van der Waals surface area contributed by atoms with Crippen LogP contribution >= 0.6 is 11.3 Å². The predicted molar refractivity (Wildman–Crippen MR) is 94.5 cm³/mol. The Morgan fingerprint density at radius 3 is 2.75 bits per heavy atom. The molecule has 0 radical (unpaired) electrons. The average molecular weight is 341 g/mol. The molecule has 0 bridgehead atoms. The fourth-order valence-corrected chi connectivity index (χ4v) is 3.21. The molecule has 2 aromatic heterocycles. The molecule has 3 aromatic rings. The average Bonchev–Trinajstić information content (AvgIpc) is 3.23. The molecule has 6 heteroatoms. The van der Waals surface area contributed by atoms with Crippen molar-refractivity contribution in [1.82, 2.24) is 15.1 Å². The highest BCUT2D eigenvalue weighted by molar-refractivity contribution is 7.08. The lowest BCUT2D eigenvalue weighted by Crippen LogP contribution is -2.38. The molecule has 2 heterocycles. The number of para-hydroxylation sites is 1. The number of aliphatic hydroxyl groups is 1. The molecule has 0 aliphatic rings. The molecular weight excluding hydrogens is 322 g/mol. The zero-order valence-corrected chi connectivity index (χ0v) is 14.4. The minimum atomic E-state index is -1.10. The van der Waals surface area contributed by atoms with E-state index in [0.29, 0.717) is 5.69 Å². The maximum absolute atomic E-state index is 12.4. The molecule has 3 rings (SSSR count). The number of aryl methyl sites for hydroxylation is 1. The Morgan fingerprint density at radius 1 is 1.33 bits per heavy atom. The molecule has 0 saturated carbocycles. The molecule has 24 heavy (non-hydrogen) atoms. The zero-order chi connectivity index (χ0) is 17.2. The van der Waals surface area contributed by atoms with E-state index in [1.165, 1.54) is 11.3 Å². The van der Waals surface area contributed by atoms with Crippen molar-refractivity contribution in [3.63, 3.8) is 0 Å². The van der Waals surface area contributed by atoms with Gasteiger partial charge in [0, 0.05) is 5.69 Å². The van der Waals surface area contributed by atoms with Crippen LogP contribution in [0.25, 0.3) is 5.69 Å². The van der Waals surface area contributed by atoms with Gasteiger partial charge in [-0.2, -0.15) is 16.4 Å². The van der Waals surface area contributed by atoms with Crippen molar-refractivity contribution in [2.45, 2.75) is 19.4 Å². The maximum atomic E-state index is 12.4. The number of nitrogens with zero attached hydrogens (tertiary/aromatic N) is 2. The second-order valence-electron chi connectivity index (χ2n) is 5.89. The SMILES string of the molecule is Cc1cc(C(=O)NCC(C)(O)c2ccsc2)nn1-c1ccccc1. The van der Waals surface area contributed by atoms with Crippen LogP contribution in [0.1, 0.15) is 28.7 Å².